The van der Waals surface area contributed by atoms with Crippen LogP contribution in [0.15, 0.2) is 18.2 Å². The van der Waals surface area contributed by atoms with Crippen molar-refractivity contribution in [3.8, 4) is 5.75 Å². The van der Waals surface area contributed by atoms with E-state index in [4.69, 9.17) is 9.47 Å². The Morgan fingerprint density at radius 1 is 1.30 bits per heavy atom. The summed E-state index contributed by atoms with van der Waals surface area (Å²) in [7, 11) is 1.25. The SMILES string of the molecule is CC.CC.COC(=O)c1ccc([N+](=O)[O-])c(OC2CCOC2)c1. The highest BCUT2D eigenvalue weighted by atomic mass is 16.6. The van der Waals surface area contributed by atoms with Crippen LogP contribution in [0.25, 0.3) is 0 Å². The Morgan fingerprint density at radius 3 is 2.43 bits per heavy atom. The molecule has 0 spiro atoms. The van der Waals surface area contributed by atoms with Gasteiger partial charge in [-0.3, -0.25) is 10.1 Å². The zero-order valence-corrected chi connectivity index (χ0v) is 14.3. The minimum Gasteiger partial charge on any atom is -0.481 e. The molecule has 1 aromatic carbocycles. The lowest BCUT2D eigenvalue weighted by atomic mass is 10.2. The maximum absolute atomic E-state index is 11.4. The highest BCUT2D eigenvalue weighted by molar-refractivity contribution is 5.90. The van der Waals surface area contributed by atoms with Gasteiger partial charge < -0.3 is 14.2 Å². The molecule has 1 atom stereocenters. The van der Waals surface area contributed by atoms with Gasteiger partial charge in [-0.15, -0.1) is 0 Å². The van der Waals surface area contributed by atoms with Gasteiger partial charge in [0.2, 0.25) is 0 Å². The average Bonchev–Trinajstić information content (AvgIpc) is 3.10. The molecule has 1 fully saturated rings. The molecule has 1 aromatic rings. The monoisotopic (exact) mass is 327 g/mol. The summed E-state index contributed by atoms with van der Waals surface area (Å²) in [5, 5.41) is 10.9. The maximum atomic E-state index is 11.4. The molecule has 0 radical (unpaired) electrons. The van der Waals surface area contributed by atoms with Gasteiger partial charge in [0.1, 0.15) is 6.10 Å². The number of ether oxygens (including phenoxy) is 3. The van der Waals surface area contributed by atoms with Crippen LogP contribution in [0.4, 0.5) is 5.69 Å². The Bertz CT molecular complexity index is 497. The van der Waals surface area contributed by atoms with Crippen LogP contribution in [-0.2, 0) is 9.47 Å². The van der Waals surface area contributed by atoms with Crippen LogP contribution >= 0.6 is 0 Å². The van der Waals surface area contributed by atoms with E-state index < -0.39 is 10.9 Å². The van der Waals surface area contributed by atoms with Crippen molar-refractivity contribution in [3.05, 3.63) is 33.9 Å². The molecular formula is C16H25NO6. The highest BCUT2D eigenvalue weighted by Gasteiger charge is 2.24. The zero-order chi connectivity index (χ0) is 17.8. The number of nitrogens with zero attached hydrogens (tertiary/aromatic N) is 1. The second kappa shape index (κ2) is 11.4. The van der Waals surface area contributed by atoms with Crippen LogP contribution in [0, 0.1) is 10.1 Å². The van der Waals surface area contributed by atoms with E-state index in [1.54, 1.807) is 0 Å². The quantitative estimate of drug-likeness (QED) is 0.477. The van der Waals surface area contributed by atoms with Gasteiger partial charge in [-0.2, -0.15) is 0 Å². The molecule has 1 aliphatic rings. The standard InChI is InChI=1S/C12H13NO6.2C2H6/c1-17-12(14)8-2-3-10(13(15)16)11(6-8)19-9-4-5-18-7-9;2*1-2/h2-3,6,9H,4-5,7H2,1H3;2*1-2H3. The van der Waals surface area contributed by atoms with Gasteiger partial charge in [-0.05, 0) is 6.07 Å². The summed E-state index contributed by atoms with van der Waals surface area (Å²) in [5.74, 6) is -0.509. The molecule has 0 amide bonds. The van der Waals surface area contributed by atoms with Crippen LogP contribution < -0.4 is 4.74 Å². The summed E-state index contributed by atoms with van der Waals surface area (Å²) in [4.78, 5) is 21.8. The summed E-state index contributed by atoms with van der Waals surface area (Å²) in [6.07, 6.45) is 0.436. The largest absolute Gasteiger partial charge is 0.481 e. The summed E-state index contributed by atoms with van der Waals surface area (Å²) in [6.45, 7) is 8.95. The fourth-order valence-corrected chi connectivity index (χ4v) is 1.79. The Labute approximate surface area is 136 Å². The number of nitro groups is 1. The fraction of sp³-hybridized carbons (Fsp3) is 0.562. The lowest BCUT2D eigenvalue weighted by Crippen LogP contribution is -2.17. The first-order valence-corrected chi connectivity index (χ1v) is 7.73. The number of hydrogen-bond donors (Lipinski definition) is 0. The van der Waals surface area contributed by atoms with Crippen molar-refractivity contribution < 1.29 is 23.9 Å². The van der Waals surface area contributed by atoms with Crippen molar-refractivity contribution in [2.45, 2.75) is 40.2 Å². The second-order valence-electron chi connectivity index (χ2n) is 4.03. The number of nitro benzene ring substituents is 1. The molecule has 0 aliphatic carbocycles. The van der Waals surface area contributed by atoms with Crippen LogP contribution in [0.2, 0.25) is 0 Å². The molecule has 1 unspecified atom stereocenters. The van der Waals surface area contributed by atoms with Crippen molar-refractivity contribution in [3.63, 3.8) is 0 Å². The molecule has 1 aliphatic heterocycles. The normalized spacial score (nSPS) is 15.4. The second-order valence-corrected chi connectivity index (χ2v) is 4.03. The number of methoxy groups -OCH3 is 1. The molecule has 0 aromatic heterocycles. The van der Waals surface area contributed by atoms with Crippen molar-refractivity contribution in [2.75, 3.05) is 20.3 Å². The van der Waals surface area contributed by atoms with Crippen molar-refractivity contribution in [1.82, 2.24) is 0 Å². The van der Waals surface area contributed by atoms with Crippen LogP contribution in [0.1, 0.15) is 44.5 Å². The topological polar surface area (TPSA) is 87.9 Å². The third kappa shape index (κ3) is 6.23. The van der Waals surface area contributed by atoms with E-state index in [0.717, 1.165) is 0 Å². The fourth-order valence-electron chi connectivity index (χ4n) is 1.79. The number of hydrogen-bond acceptors (Lipinski definition) is 6. The molecular weight excluding hydrogens is 302 g/mol. The molecule has 0 saturated carbocycles. The number of carbonyl (C=O) groups excluding carboxylic acids is 1. The van der Waals surface area contributed by atoms with Gasteiger partial charge >= 0.3 is 11.7 Å². The summed E-state index contributed by atoms with van der Waals surface area (Å²) >= 11 is 0. The number of carbonyl (C=O) groups is 1. The van der Waals surface area contributed by atoms with E-state index in [0.29, 0.717) is 19.6 Å². The van der Waals surface area contributed by atoms with E-state index in [2.05, 4.69) is 4.74 Å². The number of benzene rings is 1. The Morgan fingerprint density at radius 2 is 1.96 bits per heavy atom. The summed E-state index contributed by atoms with van der Waals surface area (Å²) in [6, 6.07) is 3.89. The van der Waals surface area contributed by atoms with Crippen molar-refractivity contribution in [1.29, 1.82) is 0 Å². The van der Waals surface area contributed by atoms with Gasteiger partial charge in [-0.25, -0.2) is 4.79 Å². The van der Waals surface area contributed by atoms with Gasteiger partial charge in [-0.1, -0.05) is 27.7 Å². The predicted octanol–water partition coefficient (Wildman–Crippen LogP) is 3.60. The molecule has 7 nitrogen and oxygen atoms in total. The number of esters is 1. The Hall–Kier alpha value is -2.15. The molecule has 1 heterocycles. The molecule has 7 heteroatoms. The minimum absolute atomic E-state index is 0.0587. The third-order valence-electron chi connectivity index (χ3n) is 2.76. The maximum Gasteiger partial charge on any atom is 0.337 e. The summed E-state index contributed by atoms with van der Waals surface area (Å²) in [5.41, 5.74) is 0.0292. The van der Waals surface area contributed by atoms with Gasteiger partial charge in [0.25, 0.3) is 0 Å². The lowest BCUT2D eigenvalue weighted by molar-refractivity contribution is -0.386. The van der Waals surface area contributed by atoms with Gasteiger partial charge in [0.05, 0.1) is 30.8 Å². The molecule has 0 N–H and O–H groups in total. The first kappa shape index (κ1) is 20.9. The van der Waals surface area contributed by atoms with Crippen LogP contribution in [0.5, 0.6) is 5.75 Å². The molecule has 0 bridgehead atoms. The summed E-state index contributed by atoms with van der Waals surface area (Å²) < 4.78 is 15.2. The third-order valence-corrected chi connectivity index (χ3v) is 2.76. The van der Waals surface area contributed by atoms with Crippen molar-refractivity contribution >= 4 is 11.7 Å². The highest BCUT2D eigenvalue weighted by Crippen LogP contribution is 2.30. The minimum atomic E-state index is -0.567. The smallest absolute Gasteiger partial charge is 0.337 e. The first-order chi connectivity index (χ1) is 11.1. The van der Waals surface area contributed by atoms with E-state index in [9.17, 15) is 14.9 Å². The van der Waals surface area contributed by atoms with Crippen LogP contribution in [-0.4, -0.2) is 37.3 Å². The van der Waals surface area contributed by atoms with Crippen LogP contribution in [0.3, 0.4) is 0 Å². The number of rotatable bonds is 4. The zero-order valence-electron chi connectivity index (χ0n) is 14.3. The molecule has 2 rings (SSSR count). The van der Waals surface area contributed by atoms with Crippen molar-refractivity contribution in [2.24, 2.45) is 0 Å². The molecule has 23 heavy (non-hydrogen) atoms. The van der Waals surface area contributed by atoms with E-state index in [-0.39, 0.29) is 23.1 Å². The predicted molar refractivity (Wildman–Crippen MR) is 87.0 cm³/mol. The molecule has 130 valence electrons. The Kier molecular flexibility index (Phi) is 10.4. The van der Waals surface area contributed by atoms with E-state index in [1.165, 1.54) is 25.3 Å². The van der Waals surface area contributed by atoms with Gasteiger partial charge in [0, 0.05) is 18.6 Å². The van der Waals surface area contributed by atoms with E-state index >= 15 is 0 Å². The van der Waals surface area contributed by atoms with E-state index in [1.807, 2.05) is 27.7 Å². The molecule has 1 saturated heterocycles. The lowest BCUT2D eigenvalue weighted by Gasteiger charge is -2.12. The Balaban J connectivity index is 0.00000112. The average molecular weight is 327 g/mol. The first-order valence-electron chi connectivity index (χ1n) is 7.73. The van der Waals surface area contributed by atoms with Gasteiger partial charge in [0.15, 0.2) is 5.75 Å².